The summed E-state index contributed by atoms with van der Waals surface area (Å²) in [6.45, 7) is 2.06. The molecule has 1 rings (SSSR count). The average Bonchev–Trinajstić information content (AvgIpc) is 2.23. The van der Waals surface area contributed by atoms with E-state index in [0.717, 1.165) is 24.0 Å². The summed E-state index contributed by atoms with van der Waals surface area (Å²) in [6.07, 6.45) is 2.13. The van der Waals surface area contributed by atoms with Gasteiger partial charge in [-0.05, 0) is 29.7 Å². The maximum atomic E-state index is 8.80. The van der Waals surface area contributed by atoms with Gasteiger partial charge in [-0.1, -0.05) is 24.9 Å². The van der Waals surface area contributed by atoms with Crippen molar-refractivity contribution >= 4 is 11.6 Å². The molecule has 0 atom stereocenters. The lowest BCUT2D eigenvalue weighted by Crippen LogP contribution is -1.96. The van der Waals surface area contributed by atoms with Crippen molar-refractivity contribution in [1.29, 1.82) is 10.5 Å². The molecule has 0 fully saturated rings. The molecule has 0 aliphatic rings. The molecule has 0 aliphatic heterocycles. The molecule has 0 radical (unpaired) electrons. The van der Waals surface area contributed by atoms with Gasteiger partial charge < -0.3 is 0 Å². The topological polar surface area (TPSA) is 47.6 Å². The molecular weight excluding hydrogens is 208 g/mol. The Hall–Kier alpha value is -1.51. The Labute approximate surface area is 94.7 Å². The lowest BCUT2D eigenvalue weighted by molar-refractivity contribution is 0.906. The summed E-state index contributed by atoms with van der Waals surface area (Å²) in [4.78, 5) is 0. The molecule has 1 aromatic rings. The monoisotopic (exact) mass is 218 g/mol. The Morgan fingerprint density at radius 3 is 2.60 bits per heavy atom. The molecule has 0 spiro atoms. The van der Waals surface area contributed by atoms with Crippen LogP contribution in [0.5, 0.6) is 0 Å². The first-order valence-electron chi connectivity index (χ1n) is 4.81. The van der Waals surface area contributed by atoms with E-state index in [4.69, 9.17) is 22.1 Å². The fourth-order valence-corrected chi connectivity index (χ4v) is 1.83. The van der Waals surface area contributed by atoms with Crippen LogP contribution >= 0.6 is 11.6 Å². The highest BCUT2D eigenvalue weighted by Crippen LogP contribution is 2.24. The minimum atomic E-state index is 0.305. The van der Waals surface area contributed by atoms with Crippen molar-refractivity contribution in [2.45, 2.75) is 26.2 Å². The normalized spacial score (nSPS) is 9.33. The summed E-state index contributed by atoms with van der Waals surface area (Å²) >= 11 is 6.03. The molecule has 15 heavy (non-hydrogen) atoms. The van der Waals surface area contributed by atoms with Gasteiger partial charge in [0.2, 0.25) is 0 Å². The highest BCUT2D eigenvalue weighted by atomic mass is 35.5. The minimum absolute atomic E-state index is 0.305. The molecule has 0 unspecified atom stereocenters. The van der Waals surface area contributed by atoms with Crippen LogP contribution in [0, 0.1) is 22.7 Å². The van der Waals surface area contributed by atoms with Crippen molar-refractivity contribution in [3.8, 4) is 12.1 Å². The fraction of sp³-hybridized carbons (Fsp3) is 0.333. The zero-order valence-electron chi connectivity index (χ0n) is 8.55. The van der Waals surface area contributed by atoms with Gasteiger partial charge in [-0.25, -0.2) is 0 Å². The molecule has 1 aromatic carbocycles. The molecule has 0 bridgehead atoms. The maximum Gasteiger partial charge on any atom is 0.0992 e. The van der Waals surface area contributed by atoms with Gasteiger partial charge in [-0.15, -0.1) is 0 Å². The van der Waals surface area contributed by atoms with Crippen molar-refractivity contribution in [3.05, 3.63) is 33.8 Å². The fourth-order valence-electron chi connectivity index (χ4n) is 1.53. The first-order valence-corrected chi connectivity index (χ1v) is 5.19. The average molecular weight is 219 g/mol. The Morgan fingerprint density at radius 1 is 1.33 bits per heavy atom. The zero-order valence-corrected chi connectivity index (χ0v) is 9.30. The van der Waals surface area contributed by atoms with E-state index in [1.807, 2.05) is 6.07 Å². The number of benzene rings is 1. The highest BCUT2D eigenvalue weighted by molar-refractivity contribution is 6.31. The van der Waals surface area contributed by atoms with E-state index in [9.17, 15) is 0 Å². The summed E-state index contributed by atoms with van der Waals surface area (Å²) < 4.78 is 0. The predicted octanol–water partition coefficient (Wildman–Crippen LogP) is 3.23. The Kier molecular flexibility index (Phi) is 4.16. The second-order valence-corrected chi connectivity index (χ2v) is 3.70. The van der Waals surface area contributed by atoms with Gasteiger partial charge >= 0.3 is 0 Å². The summed E-state index contributed by atoms with van der Waals surface area (Å²) in [7, 11) is 0. The SMILES string of the molecule is CCCc1cc(C#N)cc(Cl)c1CC#N. The molecule has 0 N–H and O–H groups in total. The van der Waals surface area contributed by atoms with Crippen molar-refractivity contribution in [1.82, 2.24) is 0 Å². The molecule has 2 nitrogen and oxygen atoms in total. The molecule has 0 aliphatic carbocycles. The molecule has 0 heterocycles. The quantitative estimate of drug-likeness (QED) is 0.782. The second-order valence-electron chi connectivity index (χ2n) is 3.29. The third-order valence-corrected chi connectivity index (χ3v) is 2.53. The summed E-state index contributed by atoms with van der Waals surface area (Å²) in [6, 6.07) is 7.60. The standard InChI is InChI=1S/C12H11ClN2/c1-2-3-10-6-9(8-15)7-12(13)11(10)4-5-14/h6-7H,2-4H2,1H3. The molecular formula is C12H11ClN2. The van der Waals surface area contributed by atoms with Crippen LogP contribution in [0.3, 0.4) is 0 Å². The van der Waals surface area contributed by atoms with E-state index in [-0.39, 0.29) is 0 Å². The van der Waals surface area contributed by atoms with Crippen LogP contribution in [0.1, 0.15) is 30.0 Å². The van der Waals surface area contributed by atoms with Crippen molar-refractivity contribution in [3.63, 3.8) is 0 Å². The van der Waals surface area contributed by atoms with Crippen LogP contribution in [0.15, 0.2) is 12.1 Å². The van der Waals surface area contributed by atoms with Crippen molar-refractivity contribution < 1.29 is 0 Å². The number of rotatable bonds is 3. The number of hydrogen-bond acceptors (Lipinski definition) is 2. The number of nitrogens with zero attached hydrogens (tertiary/aromatic N) is 2. The molecule has 76 valence electrons. The van der Waals surface area contributed by atoms with Gasteiger partial charge in [0.05, 0.1) is 24.1 Å². The van der Waals surface area contributed by atoms with Gasteiger partial charge in [0, 0.05) is 5.02 Å². The van der Waals surface area contributed by atoms with Crippen LogP contribution in [0.4, 0.5) is 0 Å². The van der Waals surface area contributed by atoms with Crippen LogP contribution in [0.2, 0.25) is 5.02 Å². The lowest BCUT2D eigenvalue weighted by atomic mass is 9.98. The lowest BCUT2D eigenvalue weighted by Gasteiger charge is -2.08. The summed E-state index contributed by atoms with van der Waals surface area (Å²) in [5.41, 5.74) is 2.44. The van der Waals surface area contributed by atoms with E-state index in [1.165, 1.54) is 0 Å². The van der Waals surface area contributed by atoms with Gasteiger partial charge in [0.1, 0.15) is 0 Å². The Balaban J connectivity index is 3.25. The van der Waals surface area contributed by atoms with Crippen LogP contribution < -0.4 is 0 Å². The van der Waals surface area contributed by atoms with Crippen molar-refractivity contribution in [2.75, 3.05) is 0 Å². The largest absolute Gasteiger partial charge is 0.198 e. The smallest absolute Gasteiger partial charge is 0.0992 e. The number of halogens is 1. The van der Waals surface area contributed by atoms with Crippen LogP contribution in [0.25, 0.3) is 0 Å². The van der Waals surface area contributed by atoms with E-state index >= 15 is 0 Å². The molecule has 0 saturated carbocycles. The highest BCUT2D eigenvalue weighted by Gasteiger charge is 2.08. The van der Waals surface area contributed by atoms with E-state index in [0.29, 0.717) is 17.0 Å². The zero-order chi connectivity index (χ0) is 11.3. The number of aryl methyl sites for hydroxylation is 1. The summed E-state index contributed by atoms with van der Waals surface area (Å²) in [5, 5.41) is 18.0. The van der Waals surface area contributed by atoms with Crippen molar-refractivity contribution in [2.24, 2.45) is 0 Å². The van der Waals surface area contributed by atoms with E-state index < -0.39 is 0 Å². The van der Waals surface area contributed by atoms with E-state index in [2.05, 4.69) is 19.1 Å². The van der Waals surface area contributed by atoms with Gasteiger partial charge in [-0.2, -0.15) is 10.5 Å². The van der Waals surface area contributed by atoms with E-state index in [1.54, 1.807) is 6.07 Å². The molecule has 0 amide bonds. The van der Waals surface area contributed by atoms with Crippen LogP contribution in [-0.4, -0.2) is 0 Å². The number of hydrogen-bond donors (Lipinski definition) is 0. The minimum Gasteiger partial charge on any atom is -0.198 e. The Morgan fingerprint density at radius 2 is 2.07 bits per heavy atom. The van der Waals surface area contributed by atoms with Gasteiger partial charge in [0.15, 0.2) is 0 Å². The molecule has 0 aromatic heterocycles. The second kappa shape index (κ2) is 5.39. The first-order chi connectivity index (χ1) is 7.22. The summed E-state index contributed by atoms with van der Waals surface area (Å²) in [5.74, 6) is 0. The third-order valence-electron chi connectivity index (χ3n) is 2.19. The van der Waals surface area contributed by atoms with Crippen LogP contribution in [-0.2, 0) is 12.8 Å². The third kappa shape index (κ3) is 2.72. The first kappa shape index (κ1) is 11.6. The molecule has 0 saturated heterocycles. The number of nitriles is 2. The Bertz CT molecular complexity index is 438. The predicted molar refractivity (Wildman–Crippen MR) is 59.5 cm³/mol. The maximum absolute atomic E-state index is 8.80. The van der Waals surface area contributed by atoms with Gasteiger partial charge in [0.25, 0.3) is 0 Å². The molecule has 3 heteroatoms. The van der Waals surface area contributed by atoms with Gasteiger partial charge in [-0.3, -0.25) is 0 Å².